The second-order valence-corrected chi connectivity index (χ2v) is 6.66. The highest BCUT2D eigenvalue weighted by molar-refractivity contribution is 7.99. The smallest absolute Gasteiger partial charge is 0.230 e. The fourth-order valence-corrected chi connectivity index (χ4v) is 3.54. The first-order valence-electron chi connectivity index (χ1n) is 7.19. The molecule has 1 saturated carbocycles. The first kappa shape index (κ1) is 15.4. The van der Waals surface area contributed by atoms with E-state index in [-0.39, 0.29) is 18.1 Å². The molecule has 1 aliphatic rings. The van der Waals surface area contributed by atoms with Crippen molar-refractivity contribution < 1.29 is 9.90 Å². The molecule has 2 rings (SSSR count). The van der Waals surface area contributed by atoms with Crippen LogP contribution in [0.4, 0.5) is 0 Å². The van der Waals surface area contributed by atoms with Gasteiger partial charge in [-0.05, 0) is 25.3 Å². The van der Waals surface area contributed by atoms with Crippen LogP contribution in [0.3, 0.4) is 0 Å². The molecule has 20 heavy (non-hydrogen) atoms. The second kappa shape index (κ2) is 7.14. The van der Waals surface area contributed by atoms with Gasteiger partial charge >= 0.3 is 0 Å². The number of amides is 1. The summed E-state index contributed by atoms with van der Waals surface area (Å²) in [6.07, 6.45) is 3.99. The number of carbonyl (C=O) groups is 1. The number of carbonyl (C=O) groups excluding carboxylic acids is 1. The maximum atomic E-state index is 12.0. The molecule has 0 unspecified atom stereocenters. The quantitative estimate of drug-likeness (QED) is 0.848. The molecule has 0 spiro atoms. The standard InChI is InChI=1S/C16H23NO2S/c1-13-5-4-6-14(9-13)10-20-11-15(19)17-16(12-18)7-2-3-8-16/h4-6,9,18H,2-3,7-8,10-12H2,1H3,(H,17,19). The molecule has 1 aromatic carbocycles. The van der Waals surface area contributed by atoms with Crippen molar-refractivity contribution in [2.45, 2.75) is 43.9 Å². The van der Waals surface area contributed by atoms with Crippen LogP contribution in [0.5, 0.6) is 0 Å². The topological polar surface area (TPSA) is 49.3 Å². The van der Waals surface area contributed by atoms with E-state index in [0.717, 1.165) is 31.4 Å². The highest BCUT2D eigenvalue weighted by atomic mass is 32.2. The van der Waals surface area contributed by atoms with E-state index in [1.807, 2.05) is 6.07 Å². The van der Waals surface area contributed by atoms with Gasteiger partial charge in [-0.15, -0.1) is 11.8 Å². The zero-order valence-electron chi connectivity index (χ0n) is 12.0. The molecule has 0 bridgehead atoms. The summed E-state index contributed by atoms with van der Waals surface area (Å²) in [5.74, 6) is 1.34. The van der Waals surface area contributed by atoms with Crippen molar-refractivity contribution in [3.8, 4) is 0 Å². The summed E-state index contributed by atoms with van der Waals surface area (Å²) in [6.45, 7) is 2.13. The number of hydrogen-bond donors (Lipinski definition) is 2. The average molecular weight is 293 g/mol. The van der Waals surface area contributed by atoms with Crippen LogP contribution in [-0.2, 0) is 10.5 Å². The predicted octanol–water partition coefficient (Wildman–Crippen LogP) is 2.65. The van der Waals surface area contributed by atoms with E-state index in [9.17, 15) is 9.90 Å². The Morgan fingerprint density at radius 3 is 2.80 bits per heavy atom. The van der Waals surface area contributed by atoms with Crippen molar-refractivity contribution >= 4 is 17.7 Å². The highest BCUT2D eigenvalue weighted by Crippen LogP contribution is 2.29. The average Bonchev–Trinajstić information content (AvgIpc) is 2.88. The Bertz CT molecular complexity index is 456. The minimum absolute atomic E-state index is 0.0404. The lowest BCUT2D eigenvalue weighted by molar-refractivity contribution is -0.121. The van der Waals surface area contributed by atoms with Crippen molar-refractivity contribution in [1.82, 2.24) is 5.32 Å². The SMILES string of the molecule is Cc1cccc(CSCC(=O)NC2(CO)CCCC2)c1. The van der Waals surface area contributed by atoms with Gasteiger partial charge in [-0.25, -0.2) is 0 Å². The van der Waals surface area contributed by atoms with Crippen molar-refractivity contribution in [2.75, 3.05) is 12.4 Å². The monoisotopic (exact) mass is 293 g/mol. The van der Waals surface area contributed by atoms with Gasteiger partial charge in [0.2, 0.25) is 5.91 Å². The normalized spacial score (nSPS) is 17.1. The number of nitrogens with one attached hydrogen (secondary N) is 1. The molecule has 4 heteroatoms. The number of hydrogen-bond acceptors (Lipinski definition) is 3. The molecule has 0 aliphatic heterocycles. The Morgan fingerprint density at radius 1 is 1.40 bits per heavy atom. The zero-order valence-corrected chi connectivity index (χ0v) is 12.8. The summed E-state index contributed by atoms with van der Waals surface area (Å²) >= 11 is 1.62. The van der Waals surface area contributed by atoms with E-state index in [0.29, 0.717) is 5.75 Å². The van der Waals surface area contributed by atoms with Gasteiger partial charge in [0, 0.05) is 5.75 Å². The number of aliphatic hydroxyl groups excluding tert-OH is 1. The minimum Gasteiger partial charge on any atom is -0.394 e. The summed E-state index contributed by atoms with van der Waals surface area (Å²) < 4.78 is 0. The Balaban J connectivity index is 1.75. The summed E-state index contributed by atoms with van der Waals surface area (Å²) in [6, 6.07) is 8.36. The van der Waals surface area contributed by atoms with Crippen molar-refractivity contribution in [1.29, 1.82) is 0 Å². The molecular formula is C16H23NO2S. The second-order valence-electron chi connectivity index (χ2n) is 5.68. The van der Waals surface area contributed by atoms with Crippen molar-refractivity contribution in [3.05, 3.63) is 35.4 Å². The molecule has 1 fully saturated rings. The number of aliphatic hydroxyl groups is 1. The van der Waals surface area contributed by atoms with Crippen LogP contribution in [0, 0.1) is 6.92 Å². The molecule has 1 aliphatic carbocycles. The Labute approximate surface area is 125 Å². The summed E-state index contributed by atoms with van der Waals surface area (Å²) in [5, 5.41) is 12.5. The van der Waals surface area contributed by atoms with E-state index < -0.39 is 0 Å². The van der Waals surface area contributed by atoms with Gasteiger partial charge in [-0.1, -0.05) is 42.7 Å². The van der Waals surface area contributed by atoms with Gasteiger partial charge in [0.15, 0.2) is 0 Å². The van der Waals surface area contributed by atoms with Crippen LogP contribution in [-0.4, -0.2) is 28.9 Å². The zero-order chi connectivity index (χ0) is 14.4. The van der Waals surface area contributed by atoms with Gasteiger partial charge in [-0.3, -0.25) is 4.79 Å². The molecule has 110 valence electrons. The molecule has 0 radical (unpaired) electrons. The summed E-state index contributed by atoms with van der Waals surface area (Å²) in [4.78, 5) is 12.0. The Morgan fingerprint density at radius 2 is 2.15 bits per heavy atom. The van der Waals surface area contributed by atoms with Gasteiger partial charge in [0.05, 0.1) is 17.9 Å². The summed E-state index contributed by atoms with van der Waals surface area (Å²) in [7, 11) is 0. The number of aryl methyl sites for hydroxylation is 1. The van der Waals surface area contributed by atoms with Crippen LogP contribution in [0.2, 0.25) is 0 Å². The lowest BCUT2D eigenvalue weighted by atomic mass is 9.99. The maximum absolute atomic E-state index is 12.0. The number of rotatable bonds is 6. The lowest BCUT2D eigenvalue weighted by Crippen LogP contribution is -2.49. The molecule has 2 N–H and O–H groups in total. The van der Waals surface area contributed by atoms with Crippen molar-refractivity contribution in [3.63, 3.8) is 0 Å². The molecule has 0 heterocycles. The van der Waals surface area contributed by atoms with E-state index >= 15 is 0 Å². The molecule has 0 atom stereocenters. The van der Waals surface area contributed by atoms with Crippen LogP contribution in [0.25, 0.3) is 0 Å². The molecule has 0 saturated heterocycles. The van der Waals surface area contributed by atoms with Gasteiger partial charge in [-0.2, -0.15) is 0 Å². The van der Waals surface area contributed by atoms with E-state index in [4.69, 9.17) is 0 Å². The molecular weight excluding hydrogens is 270 g/mol. The van der Waals surface area contributed by atoms with Crippen LogP contribution in [0.1, 0.15) is 36.8 Å². The van der Waals surface area contributed by atoms with Crippen LogP contribution < -0.4 is 5.32 Å². The largest absolute Gasteiger partial charge is 0.394 e. The van der Waals surface area contributed by atoms with E-state index in [1.54, 1.807) is 11.8 Å². The van der Waals surface area contributed by atoms with Gasteiger partial charge in [0.25, 0.3) is 0 Å². The third-order valence-corrected chi connectivity index (χ3v) is 4.86. The highest BCUT2D eigenvalue weighted by Gasteiger charge is 2.34. The Kier molecular flexibility index (Phi) is 5.49. The van der Waals surface area contributed by atoms with Gasteiger partial charge < -0.3 is 10.4 Å². The number of thioether (sulfide) groups is 1. The van der Waals surface area contributed by atoms with Crippen LogP contribution in [0.15, 0.2) is 24.3 Å². The molecule has 3 nitrogen and oxygen atoms in total. The molecule has 1 amide bonds. The van der Waals surface area contributed by atoms with E-state index in [2.05, 4.69) is 30.4 Å². The lowest BCUT2D eigenvalue weighted by Gasteiger charge is -2.27. The molecule has 1 aromatic rings. The third-order valence-electron chi connectivity index (χ3n) is 3.85. The first-order valence-corrected chi connectivity index (χ1v) is 8.34. The minimum atomic E-state index is -0.346. The molecule has 0 aromatic heterocycles. The van der Waals surface area contributed by atoms with E-state index in [1.165, 1.54) is 11.1 Å². The number of benzene rings is 1. The van der Waals surface area contributed by atoms with Crippen LogP contribution >= 0.6 is 11.8 Å². The van der Waals surface area contributed by atoms with Crippen molar-refractivity contribution in [2.24, 2.45) is 0 Å². The third kappa shape index (κ3) is 4.25. The fraction of sp³-hybridized carbons (Fsp3) is 0.562. The first-order chi connectivity index (χ1) is 9.63. The Hall–Kier alpha value is -1.00. The predicted molar refractivity (Wildman–Crippen MR) is 83.8 cm³/mol. The maximum Gasteiger partial charge on any atom is 0.230 e. The summed E-state index contributed by atoms with van der Waals surface area (Å²) in [5.41, 5.74) is 2.15. The van der Waals surface area contributed by atoms with Gasteiger partial charge in [0.1, 0.15) is 0 Å². The fourth-order valence-electron chi connectivity index (χ4n) is 2.77.